The fraction of sp³-hybridized carbons (Fsp3) is 0.600. The molecule has 0 spiro atoms. The second kappa shape index (κ2) is 8.37. The van der Waals surface area contributed by atoms with Gasteiger partial charge in [-0.1, -0.05) is 50.1 Å². The molecule has 1 unspecified atom stereocenters. The van der Waals surface area contributed by atoms with E-state index in [1.165, 1.54) is 0 Å². The van der Waals surface area contributed by atoms with Crippen LogP contribution in [-0.4, -0.2) is 46.5 Å². The zero-order valence-electron chi connectivity index (χ0n) is 15.8. The molecule has 1 saturated heterocycles. The first-order chi connectivity index (χ1) is 11.8. The normalized spacial score (nSPS) is 18.4. The molecule has 0 N–H and O–H groups in total. The lowest BCUT2D eigenvalue weighted by Gasteiger charge is -2.41. The summed E-state index contributed by atoms with van der Waals surface area (Å²) in [6.07, 6.45) is 2.20. The summed E-state index contributed by atoms with van der Waals surface area (Å²) >= 11 is 0. The Balaban J connectivity index is 2.11. The molecule has 5 nitrogen and oxygen atoms in total. The number of ether oxygens (including phenoxy) is 1. The van der Waals surface area contributed by atoms with E-state index in [1.54, 1.807) is 4.90 Å². The molecule has 2 amide bonds. The van der Waals surface area contributed by atoms with E-state index in [2.05, 4.69) is 6.92 Å². The fourth-order valence-electron chi connectivity index (χ4n) is 3.02. The van der Waals surface area contributed by atoms with Crippen molar-refractivity contribution < 1.29 is 14.3 Å². The third-order valence-corrected chi connectivity index (χ3v) is 4.26. The van der Waals surface area contributed by atoms with Gasteiger partial charge in [0.15, 0.2) is 0 Å². The van der Waals surface area contributed by atoms with Gasteiger partial charge in [-0.3, -0.25) is 9.69 Å². The van der Waals surface area contributed by atoms with Crippen LogP contribution < -0.4 is 0 Å². The van der Waals surface area contributed by atoms with Gasteiger partial charge in [0, 0.05) is 19.6 Å². The highest BCUT2D eigenvalue weighted by atomic mass is 16.6. The van der Waals surface area contributed by atoms with Crippen LogP contribution >= 0.6 is 0 Å². The summed E-state index contributed by atoms with van der Waals surface area (Å²) in [5, 5.41) is 0. The minimum absolute atomic E-state index is 0.0226. The lowest BCUT2D eigenvalue weighted by molar-refractivity contribution is -0.142. The van der Waals surface area contributed by atoms with Crippen molar-refractivity contribution in [2.24, 2.45) is 0 Å². The van der Waals surface area contributed by atoms with Gasteiger partial charge in [0.2, 0.25) is 5.91 Å². The van der Waals surface area contributed by atoms with Gasteiger partial charge in [-0.2, -0.15) is 0 Å². The number of benzene rings is 1. The SMILES string of the molecule is CCCCC1C(=O)N(Cc2ccccc2)CCN1C(=O)OC(C)(C)C. The second-order valence-electron chi connectivity index (χ2n) is 7.58. The summed E-state index contributed by atoms with van der Waals surface area (Å²) in [6.45, 7) is 9.27. The predicted molar refractivity (Wildman–Crippen MR) is 98.1 cm³/mol. The van der Waals surface area contributed by atoms with E-state index in [0.717, 1.165) is 18.4 Å². The van der Waals surface area contributed by atoms with E-state index in [0.29, 0.717) is 26.1 Å². The molecular weight excluding hydrogens is 316 g/mol. The molecule has 1 aromatic carbocycles. The number of carbonyl (C=O) groups excluding carboxylic acids is 2. The highest BCUT2D eigenvalue weighted by molar-refractivity contribution is 5.87. The Labute approximate surface area is 150 Å². The molecule has 2 rings (SSSR count). The zero-order valence-corrected chi connectivity index (χ0v) is 15.8. The monoisotopic (exact) mass is 346 g/mol. The Morgan fingerprint density at radius 3 is 2.48 bits per heavy atom. The van der Waals surface area contributed by atoms with Gasteiger partial charge in [-0.05, 0) is 32.8 Å². The van der Waals surface area contributed by atoms with Crippen molar-refractivity contribution in [3.05, 3.63) is 35.9 Å². The molecular formula is C20H30N2O3. The number of carbonyl (C=O) groups is 2. The van der Waals surface area contributed by atoms with Crippen LogP contribution in [0.5, 0.6) is 0 Å². The van der Waals surface area contributed by atoms with E-state index in [1.807, 2.05) is 56.0 Å². The van der Waals surface area contributed by atoms with Crippen molar-refractivity contribution in [2.75, 3.05) is 13.1 Å². The third kappa shape index (κ3) is 5.48. The van der Waals surface area contributed by atoms with Crippen molar-refractivity contribution in [1.29, 1.82) is 0 Å². The summed E-state index contributed by atoms with van der Waals surface area (Å²) in [5.74, 6) is 0.0226. The lowest BCUT2D eigenvalue weighted by atomic mass is 10.0. The molecule has 0 aliphatic carbocycles. The molecule has 0 saturated carbocycles. The number of rotatable bonds is 5. The molecule has 25 heavy (non-hydrogen) atoms. The highest BCUT2D eigenvalue weighted by Crippen LogP contribution is 2.21. The molecule has 5 heteroatoms. The minimum atomic E-state index is -0.559. The molecule has 0 radical (unpaired) electrons. The Morgan fingerprint density at radius 1 is 1.20 bits per heavy atom. The summed E-state index contributed by atoms with van der Waals surface area (Å²) in [7, 11) is 0. The molecule has 1 aliphatic heterocycles. The van der Waals surface area contributed by atoms with Gasteiger partial charge < -0.3 is 9.64 Å². The number of hydrogen-bond acceptors (Lipinski definition) is 3. The maximum Gasteiger partial charge on any atom is 0.411 e. The Bertz CT molecular complexity index is 580. The zero-order chi connectivity index (χ0) is 18.4. The predicted octanol–water partition coefficient (Wildman–Crippen LogP) is 3.82. The Morgan fingerprint density at radius 2 is 1.88 bits per heavy atom. The van der Waals surface area contributed by atoms with Crippen LogP contribution in [0.25, 0.3) is 0 Å². The molecule has 1 fully saturated rings. The van der Waals surface area contributed by atoms with Crippen LogP contribution in [0.4, 0.5) is 4.79 Å². The van der Waals surface area contributed by atoms with Crippen LogP contribution in [0.2, 0.25) is 0 Å². The van der Waals surface area contributed by atoms with Gasteiger partial charge in [0.25, 0.3) is 0 Å². The van der Waals surface area contributed by atoms with E-state index in [4.69, 9.17) is 4.74 Å². The van der Waals surface area contributed by atoms with Crippen molar-refractivity contribution in [3.63, 3.8) is 0 Å². The van der Waals surface area contributed by atoms with Gasteiger partial charge in [0.1, 0.15) is 11.6 Å². The molecule has 0 bridgehead atoms. The smallest absolute Gasteiger partial charge is 0.411 e. The van der Waals surface area contributed by atoms with E-state index in [-0.39, 0.29) is 12.0 Å². The number of hydrogen-bond donors (Lipinski definition) is 0. The Hall–Kier alpha value is -2.04. The first-order valence-electron chi connectivity index (χ1n) is 9.14. The van der Waals surface area contributed by atoms with Crippen molar-refractivity contribution in [2.45, 2.75) is 65.1 Å². The number of unbranched alkanes of at least 4 members (excludes halogenated alkanes) is 1. The number of nitrogens with zero attached hydrogens (tertiary/aromatic N) is 2. The second-order valence-corrected chi connectivity index (χ2v) is 7.58. The van der Waals surface area contributed by atoms with Gasteiger partial charge in [-0.25, -0.2) is 4.79 Å². The summed E-state index contributed by atoms with van der Waals surface area (Å²) in [6, 6.07) is 9.54. The third-order valence-electron chi connectivity index (χ3n) is 4.26. The van der Waals surface area contributed by atoms with Crippen molar-refractivity contribution in [3.8, 4) is 0 Å². The van der Waals surface area contributed by atoms with E-state index in [9.17, 15) is 9.59 Å². The number of piperazine rings is 1. The van der Waals surface area contributed by atoms with E-state index < -0.39 is 11.6 Å². The standard InChI is InChI=1S/C20H30N2O3/c1-5-6-12-17-18(23)21(15-16-10-8-7-9-11-16)13-14-22(17)19(24)25-20(2,3)4/h7-11,17H,5-6,12-15H2,1-4H3. The first kappa shape index (κ1) is 19.3. The Kier molecular flexibility index (Phi) is 6.45. The number of amides is 2. The van der Waals surface area contributed by atoms with E-state index >= 15 is 0 Å². The fourth-order valence-corrected chi connectivity index (χ4v) is 3.02. The quantitative estimate of drug-likeness (QED) is 0.814. The average molecular weight is 346 g/mol. The molecule has 0 aromatic heterocycles. The summed E-state index contributed by atoms with van der Waals surface area (Å²) in [4.78, 5) is 29.0. The van der Waals surface area contributed by atoms with Crippen LogP contribution in [0.15, 0.2) is 30.3 Å². The molecule has 1 heterocycles. The summed E-state index contributed by atoms with van der Waals surface area (Å²) < 4.78 is 5.51. The first-order valence-corrected chi connectivity index (χ1v) is 9.14. The van der Waals surface area contributed by atoms with Crippen molar-refractivity contribution in [1.82, 2.24) is 9.80 Å². The maximum absolute atomic E-state index is 13.0. The van der Waals surface area contributed by atoms with Gasteiger partial charge in [0.05, 0.1) is 0 Å². The lowest BCUT2D eigenvalue weighted by Crippen LogP contribution is -2.59. The molecule has 1 atom stereocenters. The highest BCUT2D eigenvalue weighted by Gasteiger charge is 2.38. The minimum Gasteiger partial charge on any atom is -0.444 e. The average Bonchev–Trinajstić information content (AvgIpc) is 2.54. The molecule has 138 valence electrons. The summed E-state index contributed by atoms with van der Waals surface area (Å²) in [5.41, 5.74) is 0.548. The molecule has 1 aliphatic rings. The van der Waals surface area contributed by atoms with Crippen LogP contribution in [-0.2, 0) is 16.1 Å². The van der Waals surface area contributed by atoms with Crippen LogP contribution in [0.3, 0.4) is 0 Å². The largest absolute Gasteiger partial charge is 0.444 e. The van der Waals surface area contributed by atoms with Gasteiger partial charge in [-0.15, -0.1) is 0 Å². The maximum atomic E-state index is 13.0. The van der Waals surface area contributed by atoms with Crippen LogP contribution in [0.1, 0.15) is 52.5 Å². The molecule has 1 aromatic rings. The van der Waals surface area contributed by atoms with Gasteiger partial charge >= 0.3 is 6.09 Å². The van der Waals surface area contributed by atoms with Crippen LogP contribution in [0, 0.1) is 0 Å². The van der Waals surface area contributed by atoms with Crippen molar-refractivity contribution >= 4 is 12.0 Å². The topological polar surface area (TPSA) is 49.9 Å².